The van der Waals surface area contributed by atoms with E-state index < -0.39 is 11.7 Å². The minimum Gasteiger partial charge on any atom is -0.382 e. The molecular formula is C31H30FNO2. The van der Waals surface area contributed by atoms with E-state index in [-0.39, 0.29) is 12.2 Å². The number of morpholine rings is 1. The topological polar surface area (TPSA) is 32.7 Å². The van der Waals surface area contributed by atoms with E-state index in [2.05, 4.69) is 17.0 Å². The molecule has 1 aliphatic heterocycles. The number of halogens is 1. The predicted octanol–water partition coefficient (Wildman–Crippen LogP) is 5.82. The third kappa shape index (κ3) is 5.35. The summed E-state index contributed by atoms with van der Waals surface area (Å²) in [6.07, 6.45) is -0.225. The highest BCUT2D eigenvalue weighted by Crippen LogP contribution is 2.36. The first-order valence-electron chi connectivity index (χ1n) is 12.1. The van der Waals surface area contributed by atoms with Gasteiger partial charge in [0.05, 0.1) is 6.61 Å². The molecule has 35 heavy (non-hydrogen) atoms. The second-order valence-electron chi connectivity index (χ2n) is 9.21. The minimum absolute atomic E-state index is 0.239. The summed E-state index contributed by atoms with van der Waals surface area (Å²) < 4.78 is 20.7. The van der Waals surface area contributed by atoms with E-state index in [1.54, 1.807) is 12.1 Å². The number of rotatable bonds is 7. The van der Waals surface area contributed by atoms with E-state index >= 15 is 0 Å². The second kappa shape index (κ2) is 10.5. The molecular weight excluding hydrogens is 437 g/mol. The fourth-order valence-electron chi connectivity index (χ4n) is 5.00. The number of benzene rings is 4. The first-order valence-corrected chi connectivity index (χ1v) is 12.1. The van der Waals surface area contributed by atoms with Crippen molar-refractivity contribution in [3.05, 3.63) is 132 Å². The SMILES string of the molecule is OC(Cc1cc(F)ccc1-c1ccccc1)(c1ccccc1)[C@@H]1CN(Cc2ccccc2)CCO1. The number of aliphatic hydroxyl groups is 1. The highest BCUT2D eigenvalue weighted by atomic mass is 19.1. The molecule has 1 saturated heterocycles. The summed E-state index contributed by atoms with van der Waals surface area (Å²) in [5.41, 5.74) is 3.34. The lowest BCUT2D eigenvalue weighted by Gasteiger charge is -2.43. The molecule has 1 unspecified atom stereocenters. The fourth-order valence-corrected chi connectivity index (χ4v) is 5.00. The van der Waals surface area contributed by atoms with Gasteiger partial charge in [0.2, 0.25) is 0 Å². The molecule has 1 N–H and O–H groups in total. The van der Waals surface area contributed by atoms with E-state index in [0.717, 1.165) is 35.3 Å². The van der Waals surface area contributed by atoms with Gasteiger partial charge in [-0.05, 0) is 39.9 Å². The Balaban J connectivity index is 1.50. The van der Waals surface area contributed by atoms with Crippen LogP contribution in [0.15, 0.2) is 109 Å². The highest BCUT2D eigenvalue weighted by molar-refractivity contribution is 5.67. The lowest BCUT2D eigenvalue weighted by molar-refractivity contribution is -0.149. The molecule has 0 amide bonds. The van der Waals surface area contributed by atoms with Crippen molar-refractivity contribution in [2.24, 2.45) is 0 Å². The molecule has 1 fully saturated rings. The van der Waals surface area contributed by atoms with Gasteiger partial charge in [-0.25, -0.2) is 4.39 Å². The van der Waals surface area contributed by atoms with Gasteiger partial charge in [0, 0.05) is 26.1 Å². The summed E-state index contributed by atoms with van der Waals surface area (Å²) >= 11 is 0. The van der Waals surface area contributed by atoms with Gasteiger partial charge in [-0.1, -0.05) is 97.1 Å². The summed E-state index contributed by atoms with van der Waals surface area (Å²) in [4.78, 5) is 2.32. The molecule has 4 aromatic carbocycles. The average Bonchev–Trinajstić information content (AvgIpc) is 2.90. The Labute approximate surface area is 206 Å². The average molecular weight is 468 g/mol. The quantitative estimate of drug-likeness (QED) is 0.372. The molecule has 5 rings (SSSR count). The largest absolute Gasteiger partial charge is 0.382 e. The van der Waals surface area contributed by atoms with Crippen LogP contribution >= 0.6 is 0 Å². The van der Waals surface area contributed by atoms with Crippen molar-refractivity contribution in [1.82, 2.24) is 4.90 Å². The highest BCUT2D eigenvalue weighted by Gasteiger charge is 2.42. The molecule has 4 heteroatoms. The third-order valence-corrected chi connectivity index (χ3v) is 6.82. The van der Waals surface area contributed by atoms with Crippen molar-refractivity contribution in [3.8, 4) is 11.1 Å². The summed E-state index contributed by atoms with van der Waals surface area (Å²) in [7, 11) is 0. The Morgan fingerprint density at radius 3 is 2.23 bits per heavy atom. The molecule has 0 saturated carbocycles. The number of hydrogen-bond acceptors (Lipinski definition) is 3. The van der Waals surface area contributed by atoms with E-state index in [4.69, 9.17) is 4.74 Å². The van der Waals surface area contributed by atoms with Gasteiger partial charge < -0.3 is 9.84 Å². The van der Waals surface area contributed by atoms with Crippen LogP contribution in [0.25, 0.3) is 11.1 Å². The molecule has 178 valence electrons. The van der Waals surface area contributed by atoms with E-state index in [9.17, 15) is 9.50 Å². The molecule has 0 spiro atoms. The van der Waals surface area contributed by atoms with Crippen LogP contribution in [0.4, 0.5) is 4.39 Å². The van der Waals surface area contributed by atoms with Gasteiger partial charge in [-0.3, -0.25) is 4.90 Å². The molecule has 0 radical (unpaired) electrons. The molecule has 1 aliphatic rings. The van der Waals surface area contributed by atoms with Crippen molar-refractivity contribution in [3.63, 3.8) is 0 Å². The van der Waals surface area contributed by atoms with E-state index in [1.165, 1.54) is 11.6 Å². The maximum Gasteiger partial charge on any atom is 0.123 e. The van der Waals surface area contributed by atoms with Crippen molar-refractivity contribution >= 4 is 0 Å². The smallest absolute Gasteiger partial charge is 0.123 e. The van der Waals surface area contributed by atoms with Crippen LogP contribution in [-0.2, 0) is 23.3 Å². The van der Waals surface area contributed by atoms with Gasteiger partial charge in [0.15, 0.2) is 0 Å². The molecule has 3 nitrogen and oxygen atoms in total. The van der Waals surface area contributed by atoms with Gasteiger partial charge in [0.1, 0.15) is 17.5 Å². The lowest BCUT2D eigenvalue weighted by atomic mass is 9.80. The van der Waals surface area contributed by atoms with Crippen LogP contribution < -0.4 is 0 Å². The lowest BCUT2D eigenvalue weighted by Crippen LogP contribution is -2.53. The van der Waals surface area contributed by atoms with Gasteiger partial charge in [0.25, 0.3) is 0 Å². The zero-order valence-electron chi connectivity index (χ0n) is 19.7. The van der Waals surface area contributed by atoms with Crippen LogP contribution in [0.2, 0.25) is 0 Å². The Bertz CT molecular complexity index is 1230. The van der Waals surface area contributed by atoms with Crippen molar-refractivity contribution in [2.75, 3.05) is 19.7 Å². The van der Waals surface area contributed by atoms with E-state index in [1.807, 2.05) is 78.9 Å². The third-order valence-electron chi connectivity index (χ3n) is 6.82. The zero-order valence-corrected chi connectivity index (χ0v) is 19.7. The van der Waals surface area contributed by atoms with Crippen LogP contribution in [0.3, 0.4) is 0 Å². The van der Waals surface area contributed by atoms with Crippen LogP contribution in [0, 0.1) is 5.82 Å². The Kier molecular flexibility index (Phi) is 7.05. The van der Waals surface area contributed by atoms with Crippen molar-refractivity contribution in [2.45, 2.75) is 24.7 Å². The molecule has 0 aromatic heterocycles. The van der Waals surface area contributed by atoms with E-state index in [0.29, 0.717) is 13.2 Å². The summed E-state index contributed by atoms with van der Waals surface area (Å²) in [5, 5.41) is 12.3. The second-order valence-corrected chi connectivity index (χ2v) is 9.21. The van der Waals surface area contributed by atoms with Crippen molar-refractivity contribution in [1.29, 1.82) is 0 Å². The summed E-state index contributed by atoms with van der Waals surface area (Å²) in [5.74, 6) is -0.314. The predicted molar refractivity (Wildman–Crippen MR) is 137 cm³/mol. The Hall–Kier alpha value is -3.31. The standard InChI is InChI=1S/C31H30FNO2/c32-28-16-17-29(25-12-6-2-7-13-25)26(20-28)21-31(34,27-14-8-3-9-15-27)30-23-33(18-19-35-30)22-24-10-4-1-5-11-24/h1-17,20,30,34H,18-19,21-23H2/t30-,31?/m0/s1. The summed E-state index contributed by atoms with van der Waals surface area (Å²) in [6.45, 7) is 2.70. The Morgan fingerprint density at radius 2 is 1.51 bits per heavy atom. The van der Waals surface area contributed by atoms with Gasteiger partial charge in [-0.15, -0.1) is 0 Å². The normalized spacial score (nSPS) is 18.2. The summed E-state index contributed by atoms with van der Waals surface area (Å²) in [6, 6.07) is 34.7. The fraction of sp³-hybridized carbons (Fsp3) is 0.226. The minimum atomic E-state index is -1.33. The molecule has 1 heterocycles. The molecule has 0 aliphatic carbocycles. The van der Waals surface area contributed by atoms with Gasteiger partial charge in [-0.2, -0.15) is 0 Å². The number of nitrogens with zero attached hydrogens (tertiary/aromatic N) is 1. The first-order chi connectivity index (χ1) is 17.1. The molecule has 0 bridgehead atoms. The van der Waals surface area contributed by atoms with Crippen molar-refractivity contribution < 1.29 is 14.2 Å². The monoisotopic (exact) mass is 467 g/mol. The van der Waals surface area contributed by atoms with Crippen LogP contribution in [0.1, 0.15) is 16.7 Å². The Morgan fingerprint density at radius 1 is 0.857 bits per heavy atom. The number of ether oxygens (including phenoxy) is 1. The zero-order chi connectivity index (χ0) is 24.1. The van der Waals surface area contributed by atoms with Crippen LogP contribution in [-0.4, -0.2) is 35.8 Å². The molecule has 2 atom stereocenters. The first kappa shape index (κ1) is 23.4. The maximum absolute atomic E-state index is 14.5. The van der Waals surface area contributed by atoms with Gasteiger partial charge >= 0.3 is 0 Å². The van der Waals surface area contributed by atoms with Crippen LogP contribution in [0.5, 0.6) is 0 Å². The maximum atomic E-state index is 14.5. The number of hydrogen-bond donors (Lipinski definition) is 1. The molecule has 4 aromatic rings.